The third kappa shape index (κ3) is 1.41. The second-order valence-electron chi connectivity index (χ2n) is 1.02. The SMILES string of the molecule is [O]=[Al][O]P1(=O)[O][GeH2][O]1. The summed E-state index contributed by atoms with van der Waals surface area (Å²) in [6, 6.07) is 0. The molecule has 0 spiro atoms. The van der Waals surface area contributed by atoms with Crippen molar-refractivity contribution < 1.29 is 19.0 Å². The zero-order chi connectivity index (χ0) is 6.04. The number of hydrogen-bond donors (Lipinski definition) is 0. The van der Waals surface area contributed by atoms with Crippen LogP contribution in [-0.4, -0.2) is 31.6 Å². The molecule has 1 fully saturated rings. The molecule has 1 aliphatic heterocycles. The van der Waals surface area contributed by atoms with Gasteiger partial charge < -0.3 is 0 Å². The van der Waals surface area contributed by atoms with Crippen LogP contribution in [0.25, 0.3) is 0 Å². The minimum atomic E-state index is -3.18. The molecule has 0 amide bonds. The van der Waals surface area contributed by atoms with Crippen LogP contribution in [0.5, 0.6) is 0 Å². The summed E-state index contributed by atoms with van der Waals surface area (Å²) in [4.78, 5) is 0. The molecule has 0 aromatic heterocycles. The molecule has 0 N–H and O–H groups in total. The maximum atomic E-state index is 10.5. The Morgan fingerprint density at radius 3 is 2.38 bits per heavy atom. The average Bonchev–Trinajstić information content (AvgIpc) is 1.64. The second kappa shape index (κ2) is 2.61. The van der Waals surface area contributed by atoms with E-state index in [-0.39, 0.29) is 0 Å². The Balaban J connectivity index is 2.41. The van der Waals surface area contributed by atoms with Gasteiger partial charge in [-0.25, -0.2) is 0 Å². The van der Waals surface area contributed by atoms with Gasteiger partial charge in [-0.3, -0.25) is 0 Å². The molecule has 0 aromatic rings. The standard InChI is InChI=1S/Al.GeH3O4P.O/c;2-6(3)4-1-5-6;/h;1H2,(H,2,3);/q+1;;/p-1. The molecule has 0 aliphatic carbocycles. The van der Waals surface area contributed by atoms with Crippen molar-refractivity contribution in [3.63, 3.8) is 0 Å². The van der Waals surface area contributed by atoms with Gasteiger partial charge in [0, 0.05) is 0 Å². The van der Waals surface area contributed by atoms with Crippen molar-refractivity contribution in [2.45, 2.75) is 0 Å². The van der Waals surface area contributed by atoms with Gasteiger partial charge in [0.15, 0.2) is 0 Å². The van der Waals surface area contributed by atoms with Crippen molar-refractivity contribution in [1.82, 2.24) is 0 Å². The van der Waals surface area contributed by atoms with Gasteiger partial charge in [0.05, 0.1) is 0 Å². The van der Waals surface area contributed by atoms with Gasteiger partial charge in [-0.05, 0) is 0 Å². The summed E-state index contributed by atoms with van der Waals surface area (Å²) < 4.78 is 33.3. The van der Waals surface area contributed by atoms with E-state index in [0.717, 1.165) is 0 Å². The normalized spacial score (nSPS) is 38.0. The van der Waals surface area contributed by atoms with E-state index in [1.807, 2.05) is 0 Å². The fraction of sp³-hybridized carbons (Fsp3) is 0. The van der Waals surface area contributed by atoms with Gasteiger partial charge in [0.2, 0.25) is 0 Å². The molecule has 0 aromatic carbocycles. The fourth-order valence-electron chi connectivity index (χ4n) is 0.252. The molecule has 1 saturated heterocycles. The van der Waals surface area contributed by atoms with Gasteiger partial charge >= 0.3 is 58.5 Å². The van der Waals surface area contributed by atoms with Crippen LogP contribution in [0.15, 0.2) is 0 Å². The van der Waals surface area contributed by atoms with Crippen molar-refractivity contribution in [2.75, 3.05) is 0 Å². The van der Waals surface area contributed by atoms with E-state index in [1.54, 1.807) is 0 Å². The fourth-order valence-corrected chi connectivity index (χ4v) is 5.48. The summed E-state index contributed by atoms with van der Waals surface area (Å²) in [7, 11) is -3.18. The third-order valence-electron chi connectivity index (χ3n) is 0.594. The Hall–Kier alpha value is 0.825. The van der Waals surface area contributed by atoms with Crippen molar-refractivity contribution in [1.29, 1.82) is 0 Å². The Morgan fingerprint density at radius 1 is 1.62 bits per heavy atom. The van der Waals surface area contributed by atoms with Crippen LogP contribution in [0.4, 0.5) is 0 Å². The predicted molar refractivity (Wildman–Crippen MR) is 25.8 cm³/mol. The zero-order valence-corrected chi connectivity index (χ0v) is 8.79. The minimum absolute atomic E-state index is 1.38. The molecule has 1 rings (SSSR count). The molecule has 8 heteroatoms. The van der Waals surface area contributed by atoms with Crippen molar-refractivity contribution in [3.05, 3.63) is 0 Å². The Labute approximate surface area is 58.7 Å². The van der Waals surface area contributed by atoms with Crippen molar-refractivity contribution >= 4 is 39.4 Å². The van der Waals surface area contributed by atoms with E-state index >= 15 is 0 Å². The molecular weight excluding hydrogens is 211 g/mol. The number of rotatable bonds is 2. The van der Waals surface area contributed by atoms with E-state index in [2.05, 4.69) is 10.7 Å². The summed E-state index contributed by atoms with van der Waals surface area (Å²) in [6.45, 7) is 0. The molecule has 44 valence electrons. The first-order chi connectivity index (χ1) is 3.77. The van der Waals surface area contributed by atoms with Gasteiger partial charge in [-0.1, -0.05) is 0 Å². The summed E-state index contributed by atoms with van der Waals surface area (Å²) in [5.41, 5.74) is 0. The topological polar surface area (TPSA) is 61.8 Å². The van der Waals surface area contributed by atoms with Gasteiger partial charge in [0.1, 0.15) is 0 Å². The Bertz CT molecular complexity index is 135. The summed E-state index contributed by atoms with van der Waals surface area (Å²) in [5.74, 6) is 0. The second-order valence-corrected chi connectivity index (χ2v) is 7.22. The van der Waals surface area contributed by atoms with Crippen molar-refractivity contribution in [3.8, 4) is 0 Å². The molecule has 0 atom stereocenters. The first kappa shape index (κ1) is 6.94. The van der Waals surface area contributed by atoms with Crippen LogP contribution < -0.4 is 0 Å². The molecule has 0 saturated carbocycles. The zero-order valence-electron chi connectivity index (χ0n) is 3.77. The molecular formula is H2AlGeO5P. The van der Waals surface area contributed by atoms with Crippen molar-refractivity contribution in [2.24, 2.45) is 0 Å². The van der Waals surface area contributed by atoms with E-state index in [9.17, 15) is 8.37 Å². The average molecular weight is 213 g/mol. The van der Waals surface area contributed by atoms with Gasteiger partial charge in [0.25, 0.3) is 0 Å². The first-order valence-electron chi connectivity index (χ1n) is 1.78. The number of hydrogen-bond acceptors (Lipinski definition) is 5. The Morgan fingerprint density at radius 2 is 2.25 bits per heavy atom. The Kier molecular flexibility index (Phi) is 2.26. The van der Waals surface area contributed by atoms with Crippen LogP contribution in [0, 0.1) is 0 Å². The predicted octanol–water partition coefficient (Wildman–Crippen LogP) is -0.879. The molecule has 1 aliphatic rings. The maximum absolute atomic E-state index is 10.5. The first-order valence-corrected chi connectivity index (χ1v) is 6.61. The summed E-state index contributed by atoms with van der Waals surface area (Å²) in [6.07, 6.45) is 0. The van der Waals surface area contributed by atoms with E-state index in [4.69, 9.17) is 0 Å². The quantitative estimate of drug-likeness (QED) is 0.440. The van der Waals surface area contributed by atoms with Crippen LogP contribution in [0.1, 0.15) is 0 Å². The molecule has 0 radical (unpaired) electrons. The third-order valence-corrected chi connectivity index (χ3v) is 8.12. The summed E-state index contributed by atoms with van der Waals surface area (Å²) >= 11 is -2.86. The van der Waals surface area contributed by atoms with E-state index in [0.29, 0.717) is 0 Å². The van der Waals surface area contributed by atoms with Crippen LogP contribution in [-0.2, 0) is 19.0 Å². The van der Waals surface area contributed by atoms with Gasteiger partial charge in [-0.2, -0.15) is 0 Å². The summed E-state index contributed by atoms with van der Waals surface area (Å²) in [5, 5.41) is 0. The van der Waals surface area contributed by atoms with Crippen LogP contribution >= 0.6 is 7.82 Å². The van der Waals surface area contributed by atoms with Crippen LogP contribution in [0.3, 0.4) is 0 Å². The molecule has 5 nitrogen and oxygen atoms in total. The van der Waals surface area contributed by atoms with E-state index < -0.39 is 39.4 Å². The molecule has 0 unspecified atom stereocenters. The molecule has 8 heavy (non-hydrogen) atoms. The van der Waals surface area contributed by atoms with Crippen LogP contribution in [0.2, 0.25) is 0 Å². The van der Waals surface area contributed by atoms with Gasteiger partial charge in [-0.15, -0.1) is 0 Å². The van der Waals surface area contributed by atoms with E-state index in [1.165, 1.54) is 0 Å². The number of phosphoric acid groups is 1. The molecule has 0 bridgehead atoms. The molecule has 1 heterocycles. The monoisotopic (exact) mass is 214 g/mol.